The van der Waals surface area contributed by atoms with Crippen LogP contribution in [0.15, 0.2) is 18.2 Å². The van der Waals surface area contributed by atoms with E-state index in [0.29, 0.717) is 24.3 Å². The number of hydrogen-bond donors (Lipinski definition) is 1. The number of ether oxygens (including phenoxy) is 1. The molecule has 0 spiro atoms. The maximum atomic E-state index is 14.0. The molecule has 1 aliphatic rings. The highest BCUT2D eigenvalue weighted by Gasteiger charge is 2.19. The van der Waals surface area contributed by atoms with Crippen molar-refractivity contribution in [3.05, 3.63) is 35.1 Å². The fourth-order valence-electron chi connectivity index (χ4n) is 2.31. The van der Waals surface area contributed by atoms with E-state index in [0.717, 1.165) is 19.5 Å². The topological polar surface area (TPSA) is 32.7 Å². The van der Waals surface area contributed by atoms with Gasteiger partial charge in [0.1, 0.15) is 12.4 Å². The third kappa shape index (κ3) is 4.04. The lowest BCUT2D eigenvalue weighted by Gasteiger charge is -2.32. The van der Waals surface area contributed by atoms with Gasteiger partial charge in [0.05, 0.1) is 12.7 Å². The van der Waals surface area contributed by atoms with E-state index in [1.165, 1.54) is 6.07 Å². The van der Waals surface area contributed by atoms with Crippen LogP contribution in [0, 0.1) is 17.7 Å². The maximum Gasteiger partial charge on any atom is 0.128 e. The zero-order valence-corrected chi connectivity index (χ0v) is 11.7. The van der Waals surface area contributed by atoms with Crippen molar-refractivity contribution >= 4 is 0 Å². The number of hydrogen-bond acceptors (Lipinski definition) is 3. The lowest BCUT2D eigenvalue weighted by Crippen LogP contribution is -2.41. The van der Waals surface area contributed by atoms with E-state index in [-0.39, 0.29) is 18.5 Å². The van der Waals surface area contributed by atoms with Crippen LogP contribution in [0.5, 0.6) is 0 Å². The summed E-state index contributed by atoms with van der Waals surface area (Å²) >= 11 is 0. The fraction of sp³-hybridized carbons (Fsp3) is 0.500. The molecule has 0 radical (unpaired) electrons. The lowest BCUT2D eigenvalue weighted by atomic mass is 10.1. The second-order valence-electron chi connectivity index (χ2n) is 4.90. The van der Waals surface area contributed by atoms with Crippen molar-refractivity contribution in [3.63, 3.8) is 0 Å². The molecule has 0 bridgehead atoms. The van der Waals surface area contributed by atoms with Crippen molar-refractivity contribution in [3.8, 4) is 11.8 Å². The molecule has 1 heterocycles. The van der Waals surface area contributed by atoms with Crippen LogP contribution in [0.3, 0.4) is 0 Å². The smallest absolute Gasteiger partial charge is 0.128 e. The Hall–Kier alpha value is -1.41. The predicted octanol–water partition coefficient (Wildman–Crippen LogP) is 1.78. The van der Waals surface area contributed by atoms with Crippen LogP contribution in [0.25, 0.3) is 0 Å². The number of aliphatic hydroxyl groups is 1. The van der Waals surface area contributed by atoms with Gasteiger partial charge >= 0.3 is 0 Å². The molecule has 0 saturated carbocycles. The molecule has 1 atom stereocenters. The van der Waals surface area contributed by atoms with E-state index in [4.69, 9.17) is 9.84 Å². The molecule has 1 aromatic rings. The minimum atomic E-state index is -0.241. The Morgan fingerprint density at radius 3 is 3.05 bits per heavy atom. The van der Waals surface area contributed by atoms with Crippen LogP contribution in [0.1, 0.15) is 24.5 Å². The molecule has 0 aliphatic carbocycles. The molecule has 1 N–H and O–H groups in total. The van der Waals surface area contributed by atoms with Crippen molar-refractivity contribution in [2.75, 3.05) is 26.3 Å². The molecular weight excluding hydrogens is 257 g/mol. The second-order valence-corrected chi connectivity index (χ2v) is 4.90. The van der Waals surface area contributed by atoms with Crippen molar-refractivity contribution in [1.82, 2.24) is 4.90 Å². The molecule has 3 nitrogen and oxygen atoms in total. The van der Waals surface area contributed by atoms with Crippen molar-refractivity contribution < 1.29 is 14.2 Å². The SMILES string of the molecule is CCC1CN(Cc2ccc(C#CCO)cc2F)CCO1. The Morgan fingerprint density at radius 2 is 2.35 bits per heavy atom. The number of halogens is 1. The highest BCUT2D eigenvalue weighted by atomic mass is 19.1. The van der Waals surface area contributed by atoms with Gasteiger partial charge in [0.25, 0.3) is 0 Å². The lowest BCUT2D eigenvalue weighted by molar-refractivity contribution is -0.0327. The minimum Gasteiger partial charge on any atom is -0.384 e. The Balaban J connectivity index is 2.02. The summed E-state index contributed by atoms with van der Waals surface area (Å²) in [5.41, 5.74) is 1.27. The van der Waals surface area contributed by atoms with Gasteiger partial charge < -0.3 is 9.84 Å². The van der Waals surface area contributed by atoms with Gasteiger partial charge in [0, 0.05) is 30.8 Å². The zero-order chi connectivity index (χ0) is 14.4. The van der Waals surface area contributed by atoms with E-state index >= 15 is 0 Å². The fourth-order valence-corrected chi connectivity index (χ4v) is 2.31. The molecule has 1 fully saturated rings. The summed E-state index contributed by atoms with van der Waals surface area (Å²) in [6.45, 7) is 4.88. The number of aliphatic hydroxyl groups excluding tert-OH is 1. The number of rotatable bonds is 3. The van der Waals surface area contributed by atoms with Gasteiger partial charge in [0.15, 0.2) is 0 Å². The van der Waals surface area contributed by atoms with Crippen LogP contribution in [0.4, 0.5) is 4.39 Å². The molecule has 1 saturated heterocycles. The van der Waals surface area contributed by atoms with Crippen molar-refractivity contribution in [2.45, 2.75) is 26.0 Å². The van der Waals surface area contributed by atoms with Gasteiger partial charge in [-0.1, -0.05) is 24.8 Å². The standard InChI is InChI=1S/C16H20FNO2/c1-2-15-12-18(7-9-20-15)11-14-6-5-13(4-3-8-19)10-16(14)17/h5-6,10,15,19H,2,7-9,11-12H2,1H3. The van der Waals surface area contributed by atoms with Crippen LogP contribution in [-0.2, 0) is 11.3 Å². The summed E-state index contributed by atoms with van der Waals surface area (Å²) < 4.78 is 19.6. The molecule has 4 heteroatoms. The zero-order valence-electron chi connectivity index (χ0n) is 11.7. The van der Waals surface area contributed by atoms with Gasteiger partial charge in [0.2, 0.25) is 0 Å². The second kappa shape index (κ2) is 7.39. The van der Waals surface area contributed by atoms with Gasteiger partial charge in [-0.25, -0.2) is 4.39 Å². The largest absolute Gasteiger partial charge is 0.384 e. The molecule has 1 aromatic carbocycles. The number of nitrogens with zero attached hydrogens (tertiary/aromatic N) is 1. The predicted molar refractivity (Wildman–Crippen MR) is 75.7 cm³/mol. The average Bonchev–Trinajstić information content (AvgIpc) is 2.48. The van der Waals surface area contributed by atoms with Gasteiger partial charge in [-0.15, -0.1) is 0 Å². The molecule has 1 aliphatic heterocycles. The van der Waals surface area contributed by atoms with Crippen LogP contribution >= 0.6 is 0 Å². The Kier molecular flexibility index (Phi) is 5.54. The van der Waals surface area contributed by atoms with Gasteiger partial charge in [-0.2, -0.15) is 0 Å². The number of benzene rings is 1. The summed E-state index contributed by atoms with van der Waals surface area (Å²) in [6.07, 6.45) is 1.23. The monoisotopic (exact) mass is 277 g/mol. The first-order valence-corrected chi connectivity index (χ1v) is 6.95. The normalized spacial score (nSPS) is 19.4. The number of morpholine rings is 1. The summed E-state index contributed by atoms with van der Waals surface area (Å²) in [6, 6.07) is 4.99. The average molecular weight is 277 g/mol. The molecule has 0 aromatic heterocycles. The first-order valence-electron chi connectivity index (χ1n) is 6.95. The minimum absolute atomic E-state index is 0.213. The Bertz CT molecular complexity index is 507. The van der Waals surface area contributed by atoms with E-state index in [1.54, 1.807) is 12.1 Å². The third-order valence-electron chi connectivity index (χ3n) is 3.44. The Morgan fingerprint density at radius 1 is 1.50 bits per heavy atom. The summed E-state index contributed by atoms with van der Waals surface area (Å²) in [5, 5.41) is 8.63. The highest BCUT2D eigenvalue weighted by molar-refractivity contribution is 5.37. The Labute approximate surface area is 119 Å². The van der Waals surface area contributed by atoms with Crippen LogP contribution in [0.2, 0.25) is 0 Å². The first-order chi connectivity index (χ1) is 9.72. The maximum absolute atomic E-state index is 14.0. The molecule has 1 unspecified atom stereocenters. The summed E-state index contributed by atoms with van der Waals surface area (Å²) in [7, 11) is 0. The van der Waals surface area contributed by atoms with Gasteiger partial charge in [-0.3, -0.25) is 4.90 Å². The summed E-state index contributed by atoms with van der Waals surface area (Å²) in [4.78, 5) is 2.22. The quantitative estimate of drug-likeness (QED) is 0.855. The van der Waals surface area contributed by atoms with Crippen LogP contribution in [-0.4, -0.2) is 42.4 Å². The van der Waals surface area contributed by atoms with Gasteiger partial charge in [-0.05, 0) is 18.6 Å². The summed E-state index contributed by atoms with van der Waals surface area (Å²) in [5.74, 6) is 4.99. The van der Waals surface area contributed by atoms with E-state index in [9.17, 15) is 4.39 Å². The first kappa shape index (κ1) is 15.0. The van der Waals surface area contributed by atoms with E-state index in [1.807, 2.05) is 0 Å². The third-order valence-corrected chi connectivity index (χ3v) is 3.44. The van der Waals surface area contributed by atoms with Crippen LogP contribution < -0.4 is 0 Å². The van der Waals surface area contributed by atoms with Crippen molar-refractivity contribution in [1.29, 1.82) is 0 Å². The van der Waals surface area contributed by atoms with E-state index < -0.39 is 0 Å². The molecule has 2 rings (SSSR count). The molecule has 108 valence electrons. The van der Waals surface area contributed by atoms with E-state index in [2.05, 4.69) is 23.7 Å². The molecule has 20 heavy (non-hydrogen) atoms. The highest BCUT2D eigenvalue weighted by Crippen LogP contribution is 2.16. The van der Waals surface area contributed by atoms with Crippen molar-refractivity contribution in [2.24, 2.45) is 0 Å². The molecular formula is C16H20FNO2. The molecule has 0 amide bonds.